The van der Waals surface area contributed by atoms with Gasteiger partial charge in [-0.25, -0.2) is 0 Å². The van der Waals surface area contributed by atoms with E-state index in [4.69, 9.17) is 4.74 Å². The van der Waals surface area contributed by atoms with Gasteiger partial charge in [-0.15, -0.1) is 11.3 Å². The number of hydrogen-bond acceptors (Lipinski definition) is 4. The number of nitrogens with zero attached hydrogens (tertiary/aromatic N) is 1. The highest BCUT2D eigenvalue weighted by atomic mass is 79.9. The summed E-state index contributed by atoms with van der Waals surface area (Å²) in [7, 11) is 0. The number of ether oxygens (including phenoxy) is 1. The number of rotatable bonds is 4. The van der Waals surface area contributed by atoms with Crippen LogP contribution in [0.15, 0.2) is 28.7 Å². The van der Waals surface area contributed by atoms with E-state index in [9.17, 15) is 10.1 Å². The first-order chi connectivity index (χ1) is 11.7. The Morgan fingerprint density at radius 2 is 2.08 bits per heavy atom. The molecule has 0 spiro atoms. The molecule has 0 bridgehead atoms. The summed E-state index contributed by atoms with van der Waals surface area (Å²) in [6.45, 7) is -0.0873. The number of anilines is 1. The van der Waals surface area contributed by atoms with Gasteiger partial charge in [-0.1, -0.05) is 18.6 Å². The maximum atomic E-state index is 12.2. The number of fused-ring (bicyclic) bond motifs is 1. The largest absolute Gasteiger partial charge is 0.483 e. The molecule has 3 rings (SSSR count). The summed E-state index contributed by atoms with van der Waals surface area (Å²) in [5, 5.41) is 13.0. The Kier molecular flexibility index (Phi) is 5.54. The van der Waals surface area contributed by atoms with Crippen molar-refractivity contribution in [3.8, 4) is 11.8 Å². The fraction of sp³-hybridized carbons (Fsp3) is 0.333. The summed E-state index contributed by atoms with van der Waals surface area (Å²) in [6, 6.07) is 9.66. The first-order valence-electron chi connectivity index (χ1n) is 7.91. The van der Waals surface area contributed by atoms with Gasteiger partial charge >= 0.3 is 0 Å². The van der Waals surface area contributed by atoms with E-state index < -0.39 is 0 Å². The fourth-order valence-corrected chi connectivity index (χ4v) is 4.47. The number of aryl methyl sites for hydroxylation is 1. The van der Waals surface area contributed by atoms with Gasteiger partial charge in [0.2, 0.25) is 0 Å². The van der Waals surface area contributed by atoms with Gasteiger partial charge in [0, 0.05) is 4.88 Å². The molecule has 4 nitrogen and oxygen atoms in total. The Hall–Kier alpha value is -1.84. The number of nitrogens with one attached hydrogen (secondary N) is 1. The van der Waals surface area contributed by atoms with Crippen molar-refractivity contribution in [2.24, 2.45) is 0 Å². The molecule has 0 aliphatic heterocycles. The molecule has 1 amide bonds. The number of halogens is 1. The van der Waals surface area contributed by atoms with Crippen molar-refractivity contribution in [2.45, 2.75) is 32.1 Å². The molecule has 0 radical (unpaired) electrons. The number of carbonyl (C=O) groups is 1. The van der Waals surface area contributed by atoms with E-state index in [1.807, 2.05) is 18.2 Å². The molecule has 0 fully saturated rings. The monoisotopic (exact) mass is 404 g/mol. The van der Waals surface area contributed by atoms with E-state index in [-0.39, 0.29) is 12.5 Å². The summed E-state index contributed by atoms with van der Waals surface area (Å²) in [6.07, 6.45) is 5.39. The molecule has 0 unspecified atom stereocenters. The predicted octanol–water partition coefficient (Wildman–Crippen LogP) is 4.67. The number of hydrogen-bond donors (Lipinski definition) is 1. The number of carbonyl (C=O) groups excluding carboxylic acids is 1. The van der Waals surface area contributed by atoms with Gasteiger partial charge in [0.15, 0.2) is 6.61 Å². The molecule has 1 aromatic carbocycles. The highest BCUT2D eigenvalue weighted by Gasteiger charge is 2.21. The normalized spacial score (nSPS) is 13.5. The quantitative estimate of drug-likeness (QED) is 0.752. The zero-order valence-corrected chi connectivity index (χ0v) is 15.5. The lowest BCUT2D eigenvalue weighted by Gasteiger charge is -2.08. The zero-order valence-electron chi connectivity index (χ0n) is 13.1. The Balaban J connectivity index is 1.69. The van der Waals surface area contributed by atoms with E-state index in [2.05, 4.69) is 27.3 Å². The van der Waals surface area contributed by atoms with Gasteiger partial charge in [-0.2, -0.15) is 5.26 Å². The van der Waals surface area contributed by atoms with Crippen LogP contribution < -0.4 is 10.1 Å². The van der Waals surface area contributed by atoms with Crippen LogP contribution in [-0.4, -0.2) is 12.5 Å². The Bertz CT molecular complexity index is 795. The summed E-state index contributed by atoms with van der Waals surface area (Å²) < 4.78 is 6.33. The van der Waals surface area contributed by atoms with Crippen molar-refractivity contribution in [2.75, 3.05) is 11.9 Å². The maximum absolute atomic E-state index is 12.2. The number of nitriles is 1. The van der Waals surface area contributed by atoms with Crippen molar-refractivity contribution in [3.05, 3.63) is 44.7 Å². The van der Waals surface area contributed by atoms with Gasteiger partial charge in [-0.05, 0) is 59.3 Å². The summed E-state index contributed by atoms with van der Waals surface area (Å²) in [4.78, 5) is 13.4. The van der Waals surface area contributed by atoms with Gasteiger partial charge < -0.3 is 10.1 Å². The summed E-state index contributed by atoms with van der Waals surface area (Å²) in [5.74, 6) is 0.369. The second kappa shape index (κ2) is 7.82. The van der Waals surface area contributed by atoms with Crippen molar-refractivity contribution >= 4 is 38.2 Å². The summed E-state index contributed by atoms with van der Waals surface area (Å²) >= 11 is 4.92. The molecule has 0 atom stereocenters. The Morgan fingerprint density at radius 3 is 2.88 bits per heavy atom. The van der Waals surface area contributed by atoms with Crippen molar-refractivity contribution < 1.29 is 9.53 Å². The van der Waals surface area contributed by atoms with Crippen LogP contribution >= 0.6 is 27.3 Å². The Labute approximate surface area is 153 Å². The molecular weight excluding hydrogens is 388 g/mol. The molecule has 2 aromatic rings. The molecule has 0 saturated heterocycles. The zero-order chi connectivity index (χ0) is 16.9. The minimum atomic E-state index is -0.251. The number of thiophene rings is 1. The molecule has 1 N–H and O–H groups in total. The first kappa shape index (κ1) is 17.0. The number of para-hydroxylation sites is 1. The van der Waals surface area contributed by atoms with E-state index in [0.29, 0.717) is 16.3 Å². The van der Waals surface area contributed by atoms with Crippen LogP contribution in [0, 0.1) is 11.3 Å². The fourth-order valence-electron chi connectivity index (χ4n) is 2.82. The third kappa shape index (κ3) is 3.80. The van der Waals surface area contributed by atoms with Crippen LogP contribution in [0.5, 0.6) is 5.75 Å². The van der Waals surface area contributed by atoms with Gasteiger partial charge in [-0.3, -0.25) is 4.79 Å². The van der Waals surface area contributed by atoms with E-state index in [1.165, 1.54) is 22.6 Å². The molecule has 1 heterocycles. The molecule has 124 valence electrons. The Morgan fingerprint density at radius 1 is 1.29 bits per heavy atom. The van der Waals surface area contributed by atoms with Crippen molar-refractivity contribution in [1.82, 2.24) is 0 Å². The second-order valence-corrected chi connectivity index (χ2v) is 7.61. The lowest BCUT2D eigenvalue weighted by Crippen LogP contribution is -2.20. The predicted molar refractivity (Wildman–Crippen MR) is 98.6 cm³/mol. The maximum Gasteiger partial charge on any atom is 0.262 e. The van der Waals surface area contributed by atoms with E-state index in [1.54, 1.807) is 6.07 Å². The average Bonchev–Trinajstić information content (AvgIpc) is 2.74. The third-order valence-electron chi connectivity index (χ3n) is 3.98. The standard InChI is InChI=1S/C18H17BrN2O2S/c19-14-7-4-5-8-15(14)23-11-17(22)21-18-13(10-20)12-6-2-1-3-9-16(12)24-18/h4-5,7-8H,1-3,6,9,11H2,(H,21,22). The first-order valence-corrected chi connectivity index (χ1v) is 9.52. The van der Waals surface area contributed by atoms with Gasteiger partial charge in [0.25, 0.3) is 5.91 Å². The molecule has 1 aliphatic carbocycles. The van der Waals surface area contributed by atoms with Crippen LogP contribution in [0.25, 0.3) is 0 Å². The minimum absolute atomic E-state index is 0.0873. The highest BCUT2D eigenvalue weighted by molar-refractivity contribution is 9.10. The van der Waals surface area contributed by atoms with Crippen LogP contribution in [0.1, 0.15) is 35.3 Å². The lowest BCUT2D eigenvalue weighted by atomic mass is 10.1. The van der Waals surface area contributed by atoms with Crippen LogP contribution in [0.4, 0.5) is 5.00 Å². The SMILES string of the molecule is N#Cc1c(NC(=O)COc2ccccc2Br)sc2c1CCCCC2. The van der Waals surface area contributed by atoms with Crippen molar-refractivity contribution in [1.29, 1.82) is 5.26 Å². The van der Waals surface area contributed by atoms with E-state index in [0.717, 1.165) is 35.7 Å². The van der Waals surface area contributed by atoms with Crippen LogP contribution in [0.3, 0.4) is 0 Å². The van der Waals surface area contributed by atoms with E-state index >= 15 is 0 Å². The molecule has 1 aliphatic rings. The van der Waals surface area contributed by atoms with Crippen LogP contribution in [0.2, 0.25) is 0 Å². The third-order valence-corrected chi connectivity index (χ3v) is 5.84. The molecule has 0 saturated carbocycles. The minimum Gasteiger partial charge on any atom is -0.483 e. The highest BCUT2D eigenvalue weighted by Crippen LogP contribution is 2.37. The summed E-state index contributed by atoms with van der Waals surface area (Å²) in [5.41, 5.74) is 1.76. The second-order valence-electron chi connectivity index (χ2n) is 5.65. The average molecular weight is 405 g/mol. The van der Waals surface area contributed by atoms with Gasteiger partial charge in [0.05, 0.1) is 10.0 Å². The van der Waals surface area contributed by atoms with Crippen LogP contribution in [-0.2, 0) is 17.6 Å². The lowest BCUT2D eigenvalue weighted by molar-refractivity contribution is -0.118. The smallest absolute Gasteiger partial charge is 0.262 e. The molecular formula is C18H17BrN2O2S. The molecule has 24 heavy (non-hydrogen) atoms. The number of amides is 1. The van der Waals surface area contributed by atoms with Gasteiger partial charge in [0.1, 0.15) is 16.8 Å². The molecule has 6 heteroatoms. The number of benzene rings is 1. The molecule has 1 aromatic heterocycles. The topological polar surface area (TPSA) is 62.1 Å². The van der Waals surface area contributed by atoms with Crippen molar-refractivity contribution in [3.63, 3.8) is 0 Å².